The van der Waals surface area contributed by atoms with Crippen LogP contribution in [0.2, 0.25) is 0 Å². The number of sulfonamides is 1. The molecule has 0 unspecified atom stereocenters. The third-order valence-electron chi connectivity index (χ3n) is 6.25. The average Bonchev–Trinajstić information content (AvgIpc) is 3.24. The second-order valence-corrected chi connectivity index (χ2v) is 11.8. The Kier molecular flexibility index (Phi) is 8.80. The van der Waals surface area contributed by atoms with Crippen LogP contribution in [0.5, 0.6) is 0 Å². The Labute approximate surface area is 226 Å². The second kappa shape index (κ2) is 12.1. The molecule has 1 aliphatic heterocycles. The molecule has 2 N–H and O–H groups in total. The summed E-state index contributed by atoms with van der Waals surface area (Å²) < 4.78 is 39.4. The topological polar surface area (TPSA) is 124 Å². The van der Waals surface area contributed by atoms with E-state index in [1.807, 2.05) is 13.0 Å². The van der Waals surface area contributed by atoms with Crippen LogP contribution in [0, 0.1) is 19.8 Å². The molecule has 0 saturated carbocycles. The zero-order chi connectivity index (χ0) is 27.3. The molecule has 4 rings (SSSR count). The van der Waals surface area contributed by atoms with E-state index in [0.717, 1.165) is 17.7 Å². The predicted octanol–water partition coefficient (Wildman–Crippen LogP) is 5.16. The number of esters is 1. The molecule has 0 bridgehead atoms. The number of anilines is 2. The predicted molar refractivity (Wildman–Crippen MR) is 147 cm³/mol. The van der Waals surface area contributed by atoms with E-state index in [1.54, 1.807) is 26.0 Å². The number of thiazole rings is 1. The molecule has 3 aromatic rings. The number of hydrogen-bond donors (Lipinski definition) is 2. The third-order valence-corrected chi connectivity index (χ3v) is 8.89. The summed E-state index contributed by atoms with van der Waals surface area (Å²) in [4.78, 5) is 29.8. The van der Waals surface area contributed by atoms with Crippen molar-refractivity contribution in [2.75, 3.05) is 29.9 Å². The molecule has 0 atom stereocenters. The van der Waals surface area contributed by atoms with E-state index in [9.17, 15) is 18.0 Å². The van der Waals surface area contributed by atoms with Gasteiger partial charge in [-0.15, -0.1) is 0 Å². The first-order valence-corrected chi connectivity index (χ1v) is 14.7. The van der Waals surface area contributed by atoms with Crippen LogP contribution in [0.1, 0.15) is 47.8 Å². The van der Waals surface area contributed by atoms with E-state index in [0.29, 0.717) is 58.8 Å². The summed E-state index contributed by atoms with van der Waals surface area (Å²) in [6.07, 6.45) is 2.18. The molecule has 202 valence electrons. The summed E-state index contributed by atoms with van der Waals surface area (Å²) in [6, 6.07) is 11.3. The van der Waals surface area contributed by atoms with Crippen LogP contribution >= 0.6 is 11.3 Å². The Morgan fingerprint density at radius 1 is 1.11 bits per heavy atom. The standard InChI is InChI=1S/C27H31N3O6S2/c1-4-36-26(32)20-7-9-22(10-8-20)30-38(33,34)23-16-21(6-5-17(23)2)25-18(3)28-27(37-25)29-24(31)15-19-11-13-35-14-12-19/h5-10,16,19,30H,4,11-15H2,1-3H3,(H,28,29,31). The molecular formula is C27H31N3O6S2. The van der Waals surface area contributed by atoms with E-state index >= 15 is 0 Å². The van der Waals surface area contributed by atoms with E-state index < -0.39 is 16.0 Å². The first-order chi connectivity index (χ1) is 18.2. The number of hydrogen-bond acceptors (Lipinski definition) is 8. The molecule has 1 saturated heterocycles. The molecule has 1 aliphatic rings. The van der Waals surface area contributed by atoms with E-state index in [2.05, 4.69) is 15.0 Å². The molecule has 0 aliphatic carbocycles. The minimum Gasteiger partial charge on any atom is -0.462 e. The number of carbonyl (C=O) groups is 2. The fourth-order valence-electron chi connectivity index (χ4n) is 4.23. The summed E-state index contributed by atoms with van der Waals surface area (Å²) in [5, 5.41) is 3.38. The highest BCUT2D eigenvalue weighted by molar-refractivity contribution is 7.92. The van der Waals surface area contributed by atoms with Crippen LogP contribution in [-0.4, -0.2) is 45.1 Å². The Morgan fingerprint density at radius 3 is 2.50 bits per heavy atom. The van der Waals surface area contributed by atoms with E-state index in [1.165, 1.54) is 35.6 Å². The lowest BCUT2D eigenvalue weighted by Crippen LogP contribution is -2.22. The fourth-order valence-corrected chi connectivity index (χ4v) is 6.54. The minimum absolute atomic E-state index is 0.0810. The Morgan fingerprint density at radius 2 is 1.82 bits per heavy atom. The van der Waals surface area contributed by atoms with Gasteiger partial charge in [-0.05, 0) is 81.0 Å². The number of nitrogens with one attached hydrogen (secondary N) is 2. The van der Waals surface area contributed by atoms with Gasteiger partial charge in [0.2, 0.25) is 5.91 Å². The molecule has 1 aromatic heterocycles. The molecule has 11 heteroatoms. The van der Waals surface area contributed by atoms with Crippen LogP contribution in [0.4, 0.5) is 10.8 Å². The summed E-state index contributed by atoms with van der Waals surface area (Å²) in [6.45, 7) is 6.90. The number of carbonyl (C=O) groups excluding carboxylic acids is 2. The highest BCUT2D eigenvalue weighted by atomic mass is 32.2. The lowest BCUT2D eigenvalue weighted by molar-refractivity contribution is -0.117. The van der Waals surface area contributed by atoms with Crippen molar-refractivity contribution in [1.29, 1.82) is 0 Å². The molecule has 38 heavy (non-hydrogen) atoms. The Balaban J connectivity index is 1.50. The summed E-state index contributed by atoms with van der Waals surface area (Å²) in [5.74, 6) is -0.241. The van der Waals surface area contributed by atoms with Crippen molar-refractivity contribution >= 4 is 44.1 Å². The number of benzene rings is 2. The second-order valence-electron chi connectivity index (χ2n) is 9.13. The van der Waals surface area contributed by atoms with Gasteiger partial charge in [-0.2, -0.15) is 0 Å². The van der Waals surface area contributed by atoms with Gasteiger partial charge in [0.25, 0.3) is 10.0 Å². The van der Waals surface area contributed by atoms with Crippen LogP contribution < -0.4 is 10.0 Å². The largest absolute Gasteiger partial charge is 0.462 e. The maximum absolute atomic E-state index is 13.3. The number of ether oxygens (including phenoxy) is 2. The van der Waals surface area contributed by atoms with Crippen molar-refractivity contribution in [3.8, 4) is 10.4 Å². The van der Waals surface area contributed by atoms with E-state index in [-0.39, 0.29) is 17.4 Å². The highest BCUT2D eigenvalue weighted by Gasteiger charge is 2.22. The smallest absolute Gasteiger partial charge is 0.338 e. The van der Waals surface area contributed by atoms with Gasteiger partial charge < -0.3 is 14.8 Å². The average molecular weight is 558 g/mol. The van der Waals surface area contributed by atoms with Crippen molar-refractivity contribution in [1.82, 2.24) is 4.98 Å². The van der Waals surface area contributed by atoms with Gasteiger partial charge in [0.05, 0.1) is 27.6 Å². The normalized spacial score (nSPS) is 14.2. The van der Waals surface area contributed by atoms with Gasteiger partial charge in [0.1, 0.15) is 0 Å². The first-order valence-electron chi connectivity index (χ1n) is 12.4. The van der Waals surface area contributed by atoms with Crippen LogP contribution in [0.3, 0.4) is 0 Å². The zero-order valence-electron chi connectivity index (χ0n) is 21.6. The Hall–Kier alpha value is -3.28. The number of amides is 1. The van der Waals surface area contributed by atoms with Crippen LogP contribution in [0.15, 0.2) is 47.4 Å². The SMILES string of the molecule is CCOC(=O)c1ccc(NS(=O)(=O)c2cc(-c3sc(NC(=O)CC4CCOCC4)nc3C)ccc2C)cc1. The van der Waals surface area contributed by atoms with Crippen molar-refractivity contribution in [2.45, 2.75) is 44.9 Å². The number of nitrogens with zero attached hydrogens (tertiary/aromatic N) is 1. The molecule has 9 nitrogen and oxygen atoms in total. The molecule has 2 aromatic carbocycles. The van der Waals surface area contributed by atoms with Crippen molar-refractivity contribution < 1.29 is 27.5 Å². The van der Waals surface area contributed by atoms with Crippen molar-refractivity contribution in [3.05, 3.63) is 59.3 Å². The molecule has 2 heterocycles. The van der Waals surface area contributed by atoms with Gasteiger partial charge in [-0.25, -0.2) is 18.2 Å². The van der Waals surface area contributed by atoms with Crippen molar-refractivity contribution in [3.63, 3.8) is 0 Å². The molecule has 1 fully saturated rings. The highest BCUT2D eigenvalue weighted by Crippen LogP contribution is 2.35. The lowest BCUT2D eigenvalue weighted by atomic mass is 9.96. The van der Waals surface area contributed by atoms with Crippen molar-refractivity contribution in [2.24, 2.45) is 5.92 Å². The molecule has 0 radical (unpaired) electrons. The summed E-state index contributed by atoms with van der Waals surface area (Å²) >= 11 is 1.31. The first kappa shape index (κ1) is 27.7. The molecule has 0 spiro atoms. The lowest BCUT2D eigenvalue weighted by Gasteiger charge is -2.20. The monoisotopic (exact) mass is 557 g/mol. The number of aryl methyl sites for hydroxylation is 2. The zero-order valence-corrected chi connectivity index (χ0v) is 23.2. The number of rotatable bonds is 9. The maximum atomic E-state index is 13.3. The quantitative estimate of drug-likeness (QED) is 0.348. The van der Waals surface area contributed by atoms with E-state index in [4.69, 9.17) is 9.47 Å². The fraction of sp³-hybridized carbons (Fsp3) is 0.370. The summed E-state index contributed by atoms with van der Waals surface area (Å²) in [7, 11) is -3.92. The van der Waals surface area contributed by atoms with Gasteiger partial charge >= 0.3 is 5.97 Å². The van der Waals surface area contributed by atoms with Gasteiger partial charge in [-0.3, -0.25) is 9.52 Å². The van der Waals surface area contributed by atoms with Gasteiger partial charge in [-0.1, -0.05) is 23.5 Å². The minimum atomic E-state index is -3.92. The van der Waals surface area contributed by atoms with Crippen LogP contribution in [-0.2, 0) is 24.3 Å². The summed E-state index contributed by atoms with van der Waals surface area (Å²) in [5.41, 5.74) is 2.63. The van der Waals surface area contributed by atoms with Gasteiger partial charge in [0.15, 0.2) is 5.13 Å². The molecular weight excluding hydrogens is 526 g/mol. The maximum Gasteiger partial charge on any atom is 0.338 e. The Bertz CT molecular complexity index is 1410. The number of aromatic nitrogens is 1. The molecule has 1 amide bonds. The van der Waals surface area contributed by atoms with Crippen LogP contribution in [0.25, 0.3) is 10.4 Å². The third kappa shape index (κ3) is 6.77. The van der Waals surface area contributed by atoms with Gasteiger partial charge in [0, 0.05) is 25.3 Å².